The Morgan fingerprint density at radius 2 is 1.76 bits per heavy atom. The van der Waals surface area contributed by atoms with E-state index in [-0.39, 0.29) is 23.0 Å². The molecule has 0 fully saturated rings. The topological polar surface area (TPSA) is 78.4 Å². The Bertz CT molecular complexity index is 659. The van der Waals surface area contributed by atoms with Gasteiger partial charge in [-0.05, 0) is 30.3 Å². The van der Waals surface area contributed by atoms with E-state index in [9.17, 15) is 9.59 Å². The van der Waals surface area contributed by atoms with E-state index in [2.05, 4.69) is 10.6 Å². The van der Waals surface area contributed by atoms with Gasteiger partial charge in [-0.2, -0.15) is 0 Å². The fourth-order valence-corrected chi connectivity index (χ4v) is 1.97. The van der Waals surface area contributed by atoms with Crippen molar-refractivity contribution in [2.24, 2.45) is 0 Å². The molecular formula is C15H13ClN2O3. The highest BCUT2D eigenvalue weighted by atomic mass is 35.5. The minimum Gasteiger partial charge on any atom is -0.478 e. The largest absolute Gasteiger partial charge is 0.478 e. The van der Waals surface area contributed by atoms with Crippen LogP contribution in [0.25, 0.3) is 0 Å². The first-order valence-corrected chi connectivity index (χ1v) is 6.55. The molecule has 21 heavy (non-hydrogen) atoms. The highest BCUT2D eigenvalue weighted by Crippen LogP contribution is 2.21. The monoisotopic (exact) mass is 304 g/mol. The predicted octanol–water partition coefficient (Wildman–Crippen LogP) is 3.09. The molecule has 0 heterocycles. The number of benzene rings is 2. The van der Waals surface area contributed by atoms with Crippen LogP contribution in [0.2, 0.25) is 5.02 Å². The maximum Gasteiger partial charge on any atom is 0.337 e. The first-order chi connectivity index (χ1) is 10.1. The zero-order valence-corrected chi connectivity index (χ0v) is 11.7. The summed E-state index contributed by atoms with van der Waals surface area (Å²) >= 11 is 5.83. The second-order valence-electron chi connectivity index (χ2n) is 4.27. The summed E-state index contributed by atoms with van der Waals surface area (Å²) in [5.74, 6) is -1.36. The van der Waals surface area contributed by atoms with Gasteiger partial charge in [0.25, 0.3) is 0 Å². The molecule has 0 aliphatic heterocycles. The molecular weight excluding hydrogens is 292 g/mol. The lowest BCUT2D eigenvalue weighted by Gasteiger charge is -2.08. The molecule has 0 spiro atoms. The molecule has 0 saturated heterocycles. The van der Waals surface area contributed by atoms with Crippen LogP contribution in [0.3, 0.4) is 0 Å². The maximum absolute atomic E-state index is 11.8. The molecule has 0 aromatic heterocycles. The molecule has 108 valence electrons. The number of aromatic carboxylic acids is 1. The van der Waals surface area contributed by atoms with Crippen molar-refractivity contribution >= 4 is 34.9 Å². The van der Waals surface area contributed by atoms with Gasteiger partial charge in [0, 0.05) is 11.4 Å². The van der Waals surface area contributed by atoms with Gasteiger partial charge >= 0.3 is 5.97 Å². The number of hydrogen-bond acceptors (Lipinski definition) is 3. The fraction of sp³-hybridized carbons (Fsp3) is 0.0667. The molecule has 6 heteroatoms. The molecule has 0 radical (unpaired) electrons. The average molecular weight is 305 g/mol. The second kappa shape index (κ2) is 6.76. The number of halogens is 1. The van der Waals surface area contributed by atoms with Crippen LogP contribution in [-0.4, -0.2) is 23.5 Å². The molecule has 0 unspecified atom stereocenters. The van der Waals surface area contributed by atoms with Gasteiger partial charge in [0.2, 0.25) is 5.91 Å². The fourth-order valence-electron chi connectivity index (χ4n) is 1.71. The Hall–Kier alpha value is -2.53. The van der Waals surface area contributed by atoms with Crippen molar-refractivity contribution in [1.29, 1.82) is 0 Å². The summed E-state index contributed by atoms with van der Waals surface area (Å²) in [6.07, 6.45) is 0. The average Bonchev–Trinajstić information content (AvgIpc) is 2.46. The third kappa shape index (κ3) is 4.22. The van der Waals surface area contributed by atoms with Crippen molar-refractivity contribution in [2.45, 2.75) is 0 Å². The molecule has 0 saturated carbocycles. The van der Waals surface area contributed by atoms with E-state index >= 15 is 0 Å². The molecule has 0 aliphatic rings. The van der Waals surface area contributed by atoms with E-state index in [1.54, 1.807) is 0 Å². The van der Waals surface area contributed by atoms with Gasteiger partial charge in [0.1, 0.15) is 0 Å². The summed E-state index contributed by atoms with van der Waals surface area (Å²) in [6, 6.07) is 13.6. The highest BCUT2D eigenvalue weighted by Gasteiger charge is 2.10. The van der Waals surface area contributed by atoms with Gasteiger partial charge < -0.3 is 15.7 Å². The van der Waals surface area contributed by atoms with Crippen molar-refractivity contribution in [2.75, 3.05) is 17.2 Å². The zero-order chi connectivity index (χ0) is 15.2. The lowest BCUT2D eigenvalue weighted by atomic mass is 10.2. The second-order valence-corrected chi connectivity index (χ2v) is 4.67. The normalized spacial score (nSPS) is 9.95. The zero-order valence-electron chi connectivity index (χ0n) is 11.0. The van der Waals surface area contributed by atoms with Crippen molar-refractivity contribution in [3.8, 4) is 0 Å². The number of amides is 1. The Morgan fingerprint density at radius 3 is 2.38 bits per heavy atom. The number of hydrogen-bond donors (Lipinski definition) is 3. The summed E-state index contributed by atoms with van der Waals surface area (Å²) in [5, 5.41) is 14.6. The quantitative estimate of drug-likeness (QED) is 0.793. The van der Waals surface area contributed by atoms with Gasteiger partial charge in [-0.15, -0.1) is 0 Å². The summed E-state index contributed by atoms with van der Waals surface area (Å²) in [5.41, 5.74) is 1.29. The summed E-state index contributed by atoms with van der Waals surface area (Å²) < 4.78 is 0. The van der Waals surface area contributed by atoms with Gasteiger partial charge in [0.05, 0.1) is 17.1 Å². The first kappa shape index (κ1) is 14.9. The lowest BCUT2D eigenvalue weighted by molar-refractivity contribution is -0.114. The first-order valence-electron chi connectivity index (χ1n) is 6.18. The predicted molar refractivity (Wildman–Crippen MR) is 82.0 cm³/mol. The van der Waals surface area contributed by atoms with Crippen LogP contribution in [0, 0.1) is 0 Å². The van der Waals surface area contributed by atoms with Crippen LogP contribution in [0.4, 0.5) is 11.4 Å². The number of carbonyl (C=O) groups excluding carboxylic acids is 1. The smallest absolute Gasteiger partial charge is 0.337 e. The van der Waals surface area contributed by atoms with Crippen molar-refractivity contribution in [1.82, 2.24) is 0 Å². The number of anilines is 2. The maximum atomic E-state index is 11.8. The minimum absolute atomic E-state index is 0.00271. The Kier molecular flexibility index (Phi) is 4.79. The van der Waals surface area contributed by atoms with Crippen LogP contribution in [0.15, 0.2) is 48.5 Å². The van der Waals surface area contributed by atoms with Crippen molar-refractivity contribution in [3.05, 3.63) is 59.1 Å². The van der Waals surface area contributed by atoms with Gasteiger partial charge in [0.15, 0.2) is 0 Å². The van der Waals surface area contributed by atoms with E-state index in [0.717, 1.165) is 5.69 Å². The number of nitrogens with one attached hydrogen (secondary N) is 2. The highest BCUT2D eigenvalue weighted by molar-refractivity contribution is 6.33. The molecule has 2 aromatic rings. The Morgan fingerprint density at radius 1 is 1.05 bits per heavy atom. The van der Waals surface area contributed by atoms with E-state index < -0.39 is 5.97 Å². The molecule has 0 atom stereocenters. The molecule has 0 aliphatic carbocycles. The standard InChI is InChI=1S/C15H13ClN2O3/c16-13-8-11(6-7-12(13)15(20)21)18-14(19)9-17-10-4-2-1-3-5-10/h1-8,17H,9H2,(H,18,19)(H,20,21). The van der Waals surface area contributed by atoms with Gasteiger partial charge in [-0.1, -0.05) is 29.8 Å². The molecule has 3 N–H and O–H groups in total. The molecule has 5 nitrogen and oxygen atoms in total. The Labute approximate surface area is 126 Å². The van der Waals surface area contributed by atoms with Crippen LogP contribution >= 0.6 is 11.6 Å². The van der Waals surface area contributed by atoms with Crippen molar-refractivity contribution in [3.63, 3.8) is 0 Å². The summed E-state index contributed by atoms with van der Waals surface area (Å²) in [6.45, 7) is 0.0995. The van der Waals surface area contributed by atoms with Crippen LogP contribution in [-0.2, 0) is 4.79 Å². The van der Waals surface area contributed by atoms with E-state index in [1.807, 2.05) is 30.3 Å². The number of rotatable bonds is 5. The third-order valence-corrected chi connectivity index (χ3v) is 3.02. The van der Waals surface area contributed by atoms with Crippen molar-refractivity contribution < 1.29 is 14.7 Å². The third-order valence-electron chi connectivity index (χ3n) is 2.71. The van der Waals surface area contributed by atoms with Gasteiger partial charge in [-0.3, -0.25) is 4.79 Å². The minimum atomic E-state index is -1.11. The SMILES string of the molecule is O=C(CNc1ccccc1)Nc1ccc(C(=O)O)c(Cl)c1. The van der Waals surface area contributed by atoms with Gasteiger partial charge in [-0.25, -0.2) is 4.79 Å². The van der Waals surface area contributed by atoms with Crippen LogP contribution < -0.4 is 10.6 Å². The van der Waals surface area contributed by atoms with E-state index in [1.165, 1.54) is 18.2 Å². The van der Waals surface area contributed by atoms with E-state index in [0.29, 0.717) is 5.69 Å². The number of para-hydroxylation sites is 1. The molecule has 0 bridgehead atoms. The Balaban J connectivity index is 1.94. The lowest BCUT2D eigenvalue weighted by Crippen LogP contribution is -2.21. The number of carbonyl (C=O) groups is 2. The van der Waals surface area contributed by atoms with E-state index in [4.69, 9.17) is 16.7 Å². The summed E-state index contributed by atoms with van der Waals surface area (Å²) in [7, 11) is 0. The van der Waals surface area contributed by atoms with Crippen LogP contribution in [0.5, 0.6) is 0 Å². The number of carboxylic acids is 1. The molecule has 2 aromatic carbocycles. The summed E-state index contributed by atoms with van der Waals surface area (Å²) in [4.78, 5) is 22.6. The van der Waals surface area contributed by atoms with Crippen LogP contribution in [0.1, 0.15) is 10.4 Å². The molecule has 2 rings (SSSR count). The molecule has 1 amide bonds. The number of carboxylic acid groups (broad SMARTS) is 1.